The van der Waals surface area contributed by atoms with Gasteiger partial charge in [-0.25, -0.2) is 4.98 Å². The van der Waals surface area contributed by atoms with Crippen molar-refractivity contribution in [1.29, 1.82) is 0 Å². The molecule has 0 unspecified atom stereocenters. The standard InChI is InChI=1S/C11H12N2OS/c1-7(2)11-13-9-4-3-8(12-6-14)5-10(9)15-11/h3-7H,1-2H3,(H,12,14). The van der Waals surface area contributed by atoms with Crippen LogP contribution in [0.5, 0.6) is 0 Å². The zero-order valence-corrected chi connectivity index (χ0v) is 9.47. The first-order valence-corrected chi connectivity index (χ1v) is 5.63. The number of anilines is 1. The lowest BCUT2D eigenvalue weighted by atomic mass is 10.2. The lowest BCUT2D eigenvalue weighted by molar-refractivity contribution is -0.105. The molecule has 1 heterocycles. The zero-order chi connectivity index (χ0) is 10.8. The number of fused-ring (bicyclic) bond motifs is 1. The Hall–Kier alpha value is -1.42. The van der Waals surface area contributed by atoms with E-state index >= 15 is 0 Å². The normalized spacial score (nSPS) is 10.9. The number of rotatable bonds is 3. The molecule has 0 saturated carbocycles. The van der Waals surface area contributed by atoms with Crippen molar-refractivity contribution in [1.82, 2.24) is 4.98 Å². The third-order valence-electron chi connectivity index (χ3n) is 2.12. The van der Waals surface area contributed by atoms with Crippen LogP contribution in [0.15, 0.2) is 18.2 Å². The van der Waals surface area contributed by atoms with Gasteiger partial charge in [-0.15, -0.1) is 11.3 Å². The van der Waals surface area contributed by atoms with E-state index in [4.69, 9.17) is 0 Å². The van der Waals surface area contributed by atoms with E-state index in [0.29, 0.717) is 12.3 Å². The summed E-state index contributed by atoms with van der Waals surface area (Å²) in [5, 5.41) is 3.77. The summed E-state index contributed by atoms with van der Waals surface area (Å²) >= 11 is 1.68. The van der Waals surface area contributed by atoms with E-state index in [1.165, 1.54) is 0 Å². The number of nitrogens with one attached hydrogen (secondary N) is 1. The molecule has 0 radical (unpaired) electrons. The van der Waals surface area contributed by atoms with Crippen LogP contribution in [-0.4, -0.2) is 11.4 Å². The molecule has 0 aliphatic rings. The van der Waals surface area contributed by atoms with Gasteiger partial charge in [0.2, 0.25) is 6.41 Å². The lowest BCUT2D eigenvalue weighted by Gasteiger charge is -1.95. The Kier molecular flexibility index (Phi) is 2.68. The lowest BCUT2D eigenvalue weighted by Crippen LogP contribution is -1.92. The minimum absolute atomic E-state index is 0.449. The van der Waals surface area contributed by atoms with Gasteiger partial charge in [0.05, 0.1) is 15.2 Å². The topological polar surface area (TPSA) is 42.0 Å². The molecule has 1 N–H and O–H groups in total. The van der Waals surface area contributed by atoms with Crippen LogP contribution in [0.4, 0.5) is 5.69 Å². The van der Waals surface area contributed by atoms with Gasteiger partial charge in [0.25, 0.3) is 0 Å². The first-order valence-electron chi connectivity index (χ1n) is 4.81. The maximum Gasteiger partial charge on any atom is 0.211 e. The summed E-state index contributed by atoms with van der Waals surface area (Å²) < 4.78 is 1.12. The molecule has 0 atom stereocenters. The molecule has 0 fully saturated rings. The predicted octanol–water partition coefficient (Wildman–Crippen LogP) is 2.99. The van der Waals surface area contributed by atoms with Crippen LogP contribution >= 0.6 is 11.3 Å². The second-order valence-corrected chi connectivity index (χ2v) is 4.71. The van der Waals surface area contributed by atoms with E-state index in [9.17, 15) is 4.79 Å². The molecular weight excluding hydrogens is 208 g/mol. The van der Waals surface area contributed by atoms with Gasteiger partial charge in [0, 0.05) is 11.6 Å². The average molecular weight is 220 g/mol. The van der Waals surface area contributed by atoms with E-state index in [1.54, 1.807) is 11.3 Å². The van der Waals surface area contributed by atoms with E-state index in [0.717, 1.165) is 20.9 Å². The zero-order valence-electron chi connectivity index (χ0n) is 8.65. The Morgan fingerprint density at radius 1 is 1.47 bits per heavy atom. The summed E-state index contributed by atoms with van der Waals surface area (Å²) in [5.74, 6) is 0.449. The van der Waals surface area contributed by atoms with Crippen LogP contribution in [-0.2, 0) is 4.79 Å². The van der Waals surface area contributed by atoms with Crippen molar-refractivity contribution in [2.45, 2.75) is 19.8 Å². The van der Waals surface area contributed by atoms with Gasteiger partial charge < -0.3 is 5.32 Å². The van der Waals surface area contributed by atoms with E-state index in [2.05, 4.69) is 24.1 Å². The van der Waals surface area contributed by atoms with Crippen molar-refractivity contribution in [3.63, 3.8) is 0 Å². The van der Waals surface area contributed by atoms with Crippen LogP contribution in [0, 0.1) is 0 Å². The fourth-order valence-electron chi connectivity index (χ4n) is 1.35. The molecule has 2 rings (SSSR count). The number of carbonyl (C=O) groups excluding carboxylic acids is 1. The summed E-state index contributed by atoms with van der Waals surface area (Å²) in [4.78, 5) is 14.8. The van der Waals surface area contributed by atoms with Crippen molar-refractivity contribution in [3.05, 3.63) is 23.2 Å². The maximum atomic E-state index is 10.3. The number of aromatic nitrogens is 1. The highest BCUT2D eigenvalue weighted by molar-refractivity contribution is 7.18. The van der Waals surface area contributed by atoms with Gasteiger partial charge in [-0.1, -0.05) is 13.8 Å². The smallest absolute Gasteiger partial charge is 0.211 e. The molecule has 78 valence electrons. The molecule has 2 aromatic rings. The highest BCUT2D eigenvalue weighted by atomic mass is 32.1. The third-order valence-corrected chi connectivity index (χ3v) is 3.44. The number of benzene rings is 1. The largest absolute Gasteiger partial charge is 0.329 e. The number of nitrogens with zero attached hydrogens (tertiary/aromatic N) is 1. The molecule has 0 aliphatic carbocycles. The monoisotopic (exact) mass is 220 g/mol. The highest BCUT2D eigenvalue weighted by Gasteiger charge is 2.07. The minimum Gasteiger partial charge on any atom is -0.329 e. The minimum atomic E-state index is 0.449. The van der Waals surface area contributed by atoms with Crippen molar-refractivity contribution in [3.8, 4) is 0 Å². The van der Waals surface area contributed by atoms with Gasteiger partial charge >= 0.3 is 0 Å². The highest BCUT2D eigenvalue weighted by Crippen LogP contribution is 2.28. The van der Waals surface area contributed by atoms with Crippen LogP contribution in [0.2, 0.25) is 0 Å². The quantitative estimate of drug-likeness (QED) is 0.808. The third kappa shape index (κ3) is 1.99. The summed E-state index contributed by atoms with van der Waals surface area (Å²) in [6.45, 7) is 4.25. The van der Waals surface area contributed by atoms with Gasteiger partial charge in [-0.3, -0.25) is 4.79 Å². The van der Waals surface area contributed by atoms with Crippen LogP contribution in [0.1, 0.15) is 24.8 Å². The summed E-state index contributed by atoms with van der Waals surface area (Å²) in [6, 6.07) is 5.75. The summed E-state index contributed by atoms with van der Waals surface area (Å²) in [6.07, 6.45) is 0.686. The maximum absolute atomic E-state index is 10.3. The van der Waals surface area contributed by atoms with Gasteiger partial charge in [-0.2, -0.15) is 0 Å². The molecule has 3 nitrogen and oxygen atoms in total. The summed E-state index contributed by atoms with van der Waals surface area (Å²) in [7, 11) is 0. The van der Waals surface area contributed by atoms with Crippen molar-refractivity contribution < 1.29 is 4.79 Å². The molecule has 0 saturated heterocycles. The van der Waals surface area contributed by atoms with Crippen LogP contribution < -0.4 is 5.32 Å². The van der Waals surface area contributed by atoms with Crippen molar-refractivity contribution in [2.75, 3.05) is 5.32 Å². The fourth-order valence-corrected chi connectivity index (χ4v) is 2.36. The van der Waals surface area contributed by atoms with Crippen LogP contribution in [0.3, 0.4) is 0 Å². The average Bonchev–Trinajstić information content (AvgIpc) is 2.61. The van der Waals surface area contributed by atoms with Crippen molar-refractivity contribution >= 4 is 33.7 Å². The molecule has 0 aliphatic heterocycles. The Bertz CT molecular complexity index is 490. The molecule has 0 bridgehead atoms. The molecule has 15 heavy (non-hydrogen) atoms. The van der Waals surface area contributed by atoms with Crippen molar-refractivity contribution in [2.24, 2.45) is 0 Å². The molecule has 1 aromatic heterocycles. The van der Waals surface area contributed by atoms with E-state index in [1.807, 2.05) is 18.2 Å². The first kappa shape index (κ1) is 10.1. The molecule has 0 spiro atoms. The van der Waals surface area contributed by atoms with E-state index < -0.39 is 0 Å². The Morgan fingerprint density at radius 3 is 2.93 bits per heavy atom. The second-order valence-electron chi connectivity index (χ2n) is 3.65. The van der Waals surface area contributed by atoms with Gasteiger partial charge in [-0.05, 0) is 18.2 Å². The van der Waals surface area contributed by atoms with Gasteiger partial charge in [0.1, 0.15) is 0 Å². The number of thiazole rings is 1. The number of carbonyl (C=O) groups is 1. The molecule has 4 heteroatoms. The molecule has 1 aromatic carbocycles. The molecular formula is C11H12N2OS. The Balaban J connectivity index is 2.47. The second kappa shape index (κ2) is 3.98. The summed E-state index contributed by atoms with van der Waals surface area (Å²) in [5.41, 5.74) is 1.82. The first-order chi connectivity index (χ1) is 7.20. The van der Waals surface area contributed by atoms with Crippen LogP contribution in [0.25, 0.3) is 10.2 Å². The van der Waals surface area contributed by atoms with E-state index in [-0.39, 0.29) is 0 Å². The fraction of sp³-hybridized carbons (Fsp3) is 0.273. The SMILES string of the molecule is CC(C)c1nc2ccc(NC=O)cc2s1. The number of amides is 1. The van der Waals surface area contributed by atoms with Gasteiger partial charge in [0.15, 0.2) is 0 Å². The Morgan fingerprint density at radius 2 is 2.27 bits per heavy atom. The predicted molar refractivity (Wildman–Crippen MR) is 63.4 cm³/mol. The number of hydrogen-bond acceptors (Lipinski definition) is 3. The molecule has 1 amide bonds. The number of hydrogen-bond donors (Lipinski definition) is 1. The Labute approximate surface area is 92.1 Å².